The maximum absolute atomic E-state index is 12.3. The van der Waals surface area contributed by atoms with Gasteiger partial charge in [-0.2, -0.15) is 0 Å². The summed E-state index contributed by atoms with van der Waals surface area (Å²) < 4.78 is 2.47. The first-order valence-corrected chi connectivity index (χ1v) is 8.12. The molecule has 1 fully saturated rings. The molecular formula is C15H19N3O3S. The molecule has 0 aliphatic heterocycles. The van der Waals surface area contributed by atoms with Crippen molar-refractivity contribution in [1.82, 2.24) is 14.5 Å². The van der Waals surface area contributed by atoms with E-state index in [9.17, 15) is 14.4 Å². The summed E-state index contributed by atoms with van der Waals surface area (Å²) in [7, 11) is 3.05. The molecule has 1 amide bonds. The predicted molar refractivity (Wildman–Crippen MR) is 86.6 cm³/mol. The number of hydrogen-bond acceptors (Lipinski definition) is 4. The van der Waals surface area contributed by atoms with Gasteiger partial charge in [-0.3, -0.25) is 18.7 Å². The zero-order valence-electron chi connectivity index (χ0n) is 12.9. The molecule has 1 aliphatic rings. The van der Waals surface area contributed by atoms with Gasteiger partial charge >= 0.3 is 5.69 Å². The molecule has 3 rings (SSSR count). The average Bonchev–Trinajstić information content (AvgIpc) is 2.92. The lowest BCUT2D eigenvalue weighted by Crippen LogP contribution is -2.39. The number of aryl methyl sites for hydroxylation is 1. The lowest BCUT2D eigenvalue weighted by molar-refractivity contribution is 0.0895. The van der Waals surface area contributed by atoms with E-state index in [0.717, 1.165) is 17.4 Å². The smallest absolute Gasteiger partial charge is 0.331 e. The Labute approximate surface area is 131 Å². The molecule has 0 saturated heterocycles. The molecule has 0 bridgehead atoms. The summed E-state index contributed by atoms with van der Waals surface area (Å²) in [6, 6.07) is 1.58. The van der Waals surface area contributed by atoms with Crippen LogP contribution in [0.15, 0.2) is 15.7 Å². The Hall–Kier alpha value is -1.89. The first kappa shape index (κ1) is 15.0. The molecule has 0 atom stereocenters. The van der Waals surface area contributed by atoms with Gasteiger partial charge in [-0.25, -0.2) is 4.79 Å². The zero-order chi connectivity index (χ0) is 16.1. The van der Waals surface area contributed by atoms with Gasteiger partial charge in [0.2, 0.25) is 0 Å². The van der Waals surface area contributed by atoms with Gasteiger partial charge in [0.05, 0.1) is 10.3 Å². The van der Waals surface area contributed by atoms with E-state index >= 15 is 0 Å². The molecule has 1 aliphatic carbocycles. The molecule has 2 heterocycles. The van der Waals surface area contributed by atoms with Crippen molar-refractivity contribution < 1.29 is 4.79 Å². The maximum atomic E-state index is 12.3. The van der Waals surface area contributed by atoms with Gasteiger partial charge in [-0.15, -0.1) is 11.3 Å². The number of amides is 1. The summed E-state index contributed by atoms with van der Waals surface area (Å²) in [4.78, 5) is 37.4. The predicted octanol–water partition coefficient (Wildman–Crippen LogP) is 1.22. The Morgan fingerprint density at radius 1 is 1.32 bits per heavy atom. The molecule has 118 valence electrons. The van der Waals surface area contributed by atoms with Gasteiger partial charge in [0, 0.05) is 20.6 Å². The third-order valence-electron chi connectivity index (χ3n) is 4.59. The number of nitrogens with zero attached hydrogens (tertiary/aromatic N) is 2. The summed E-state index contributed by atoms with van der Waals surface area (Å²) in [5.74, 6) is -0.177. The number of carbonyl (C=O) groups excluding carboxylic acids is 1. The second kappa shape index (κ2) is 5.08. The number of aromatic nitrogens is 2. The summed E-state index contributed by atoms with van der Waals surface area (Å²) in [5, 5.41) is 3.36. The van der Waals surface area contributed by atoms with Crippen molar-refractivity contribution in [3.05, 3.63) is 31.8 Å². The molecule has 6 nitrogen and oxygen atoms in total. The topological polar surface area (TPSA) is 73.1 Å². The Morgan fingerprint density at radius 3 is 2.59 bits per heavy atom. The monoisotopic (exact) mass is 321 g/mol. The summed E-state index contributed by atoms with van der Waals surface area (Å²) in [6.07, 6.45) is 3.48. The molecule has 7 heteroatoms. The molecule has 0 radical (unpaired) electrons. The van der Waals surface area contributed by atoms with Crippen molar-refractivity contribution in [3.63, 3.8) is 0 Å². The number of rotatable bonds is 3. The Balaban J connectivity index is 1.93. The maximum Gasteiger partial charge on any atom is 0.331 e. The minimum Gasteiger partial charge on any atom is -0.351 e. The molecule has 0 unspecified atom stereocenters. The third kappa shape index (κ3) is 2.29. The fourth-order valence-corrected chi connectivity index (χ4v) is 3.83. The SMILES string of the molecule is Cn1c(=O)c2cc(C(=O)NCC3(C)CCC3)sc2n(C)c1=O. The lowest BCUT2D eigenvalue weighted by atomic mass is 9.70. The molecule has 2 aromatic rings. The van der Waals surface area contributed by atoms with Crippen molar-refractivity contribution in [3.8, 4) is 0 Å². The highest BCUT2D eigenvalue weighted by Gasteiger charge is 2.32. The third-order valence-corrected chi connectivity index (χ3v) is 5.80. The number of fused-ring (bicyclic) bond motifs is 1. The van der Waals surface area contributed by atoms with E-state index in [2.05, 4.69) is 12.2 Å². The van der Waals surface area contributed by atoms with Crippen LogP contribution in [0, 0.1) is 5.41 Å². The molecule has 22 heavy (non-hydrogen) atoms. The Bertz CT molecular complexity index is 871. The van der Waals surface area contributed by atoms with E-state index in [1.165, 1.54) is 29.4 Å². The van der Waals surface area contributed by atoms with Gasteiger partial charge in [0.25, 0.3) is 11.5 Å². The summed E-state index contributed by atoms with van der Waals surface area (Å²) in [5.41, 5.74) is -0.539. The average molecular weight is 321 g/mol. The number of carbonyl (C=O) groups is 1. The van der Waals surface area contributed by atoms with Gasteiger partial charge in [-0.05, 0) is 24.3 Å². The van der Waals surface area contributed by atoms with E-state index < -0.39 is 0 Å². The van der Waals surface area contributed by atoms with E-state index in [-0.39, 0.29) is 22.6 Å². The fourth-order valence-electron chi connectivity index (χ4n) is 2.81. The van der Waals surface area contributed by atoms with Crippen LogP contribution in [0.4, 0.5) is 0 Å². The normalized spacial score (nSPS) is 16.5. The van der Waals surface area contributed by atoms with Crippen LogP contribution in [-0.2, 0) is 14.1 Å². The first-order chi connectivity index (χ1) is 10.3. The largest absolute Gasteiger partial charge is 0.351 e. The highest BCUT2D eigenvalue weighted by atomic mass is 32.1. The molecule has 2 aromatic heterocycles. The van der Waals surface area contributed by atoms with Crippen molar-refractivity contribution in [1.29, 1.82) is 0 Å². The van der Waals surface area contributed by atoms with Crippen LogP contribution in [0.1, 0.15) is 35.9 Å². The van der Waals surface area contributed by atoms with Crippen LogP contribution < -0.4 is 16.6 Å². The molecule has 1 saturated carbocycles. The van der Waals surface area contributed by atoms with Gasteiger partial charge < -0.3 is 5.32 Å². The van der Waals surface area contributed by atoms with Gasteiger partial charge in [0.1, 0.15) is 4.83 Å². The van der Waals surface area contributed by atoms with Crippen molar-refractivity contribution >= 4 is 27.5 Å². The highest BCUT2D eigenvalue weighted by molar-refractivity contribution is 7.20. The molecule has 1 N–H and O–H groups in total. The zero-order valence-corrected chi connectivity index (χ0v) is 13.7. The van der Waals surface area contributed by atoms with Crippen molar-refractivity contribution in [2.45, 2.75) is 26.2 Å². The lowest BCUT2D eigenvalue weighted by Gasteiger charge is -2.38. The van der Waals surface area contributed by atoms with E-state index in [0.29, 0.717) is 21.6 Å². The molecule has 0 spiro atoms. The van der Waals surface area contributed by atoms with Crippen LogP contribution >= 0.6 is 11.3 Å². The Kier molecular flexibility index (Phi) is 3.47. The van der Waals surface area contributed by atoms with Crippen LogP contribution in [0.25, 0.3) is 10.2 Å². The van der Waals surface area contributed by atoms with Crippen LogP contribution in [0.2, 0.25) is 0 Å². The van der Waals surface area contributed by atoms with E-state index in [1.807, 2.05) is 0 Å². The fraction of sp³-hybridized carbons (Fsp3) is 0.533. The second-order valence-corrected chi connectivity index (χ2v) is 7.41. The number of hydrogen-bond donors (Lipinski definition) is 1. The minimum absolute atomic E-state index is 0.177. The summed E-state index contributed by atoms with van der Waals surface area (Å²) >= 11 is 1.18. The molecular weight excluding hydrogens is 302 g/mol. The number of thiophene rings is 1. The number of nitrogens with one attached hydrogen (secondary N) is 1. The minimum atomic E-state index is -0.381. The van der Waals surface area contributed by atoms with Crippen LogP contribution in [0.3, 0.4) is 0 Å². The first-order valence-electron chi connectivity index (χ1n) is 7.30. The highest BCUT2D eigenvalue weighted by Crippen LogP contribution is 2.39. The Morgan fingerprint density at radius 2 is 2.00 bits per heavy atom. The van der Waals surface area contributed by atoms with Crippen molar-refractivity contribution in [2.24, 2.45) is 19.5 Å². The van der Waals surface area contributed by atoms with E-state index in [1.54, 1.807) is 13.1 Å². The van der Waals surface area contributed by atoms with Crippen molar-refractivity contribution in [2.75, 3.05) is 6.54 Å². The summed E-state index contributed by atoms with van der Waals surface area (Å²) in [6.45, 7) is 2.82. The molecule has 0 aromatic carbocycles. The van der Waals surface area contributed by atoms with Gasteiger partial charge in [0.15, 0.2) is 0 Å². The second-order valence-electron chi connectivity index (χ2n) is 6.38. The van der Waals surface area contributed by atoms with Crippen LogP contribution in [0.5, 0.6) is 0 Å². The van der Waals surface area contributed by atoms with E-state index in [4.69, 9.17) is 0 Å². The van der Waals surface area contributed by atoms with Gasteiger partial charge in [-0.1, -0.05) is 13.3 Å². The standard InChI is InChI=1S/C15H19N3O3S/c1-15(5-4-6-15)8-16-11(19)10-7-9-12(20)17(2)14(21)18(3)13(9)22-10/h7H,4-6,8H2,1-3H3,(H,16,19). The van der Waals surface area contributed by atoms with Crippen LogP contribution in [-0.4, -0.2) is 21.6 Å². The quantitative estimate of drug-likeness (QED) is 0.924.